The van der Waals surface area contributed by atoms with E-state index in [4.69, 9.17) is 0 Å². The zero-order valence-electron chi connectivity index (χ0n) is 7.21. The maximum absolute atomic E-state index is 10.9. The molecule has 0 bridgehead atoms. The summed E-state index contributed by atoms with van der Waals surface area (Å²) in [5, 5.41) is 2.72. The van der Waals surface area contributed by atoms with Crippen LogP contribution in [-0.4, -0.2) is 34.4 Å². The third-order valence-electron chi connectivity index (χ3n) is 1.27. The molecule has 12 heavy (non-hydrogen) atoms. The molecule has 3 nitrogen and oxygen atoms in total. The minimum absolute atomic E-state index is 0.0203. The summed E-state index contributed by atoms with van der Waals surface area (Å²) in [4.78, 5) is 10.9. The predicted octanol–water partition coefficient (Wildman–Crippen LogP) is 0.191. The molecule has 0 aliphatic carbocycles. The van der Waals surface area contributed by atoms with Crippen molar-refractivity contribution >= 4 is 29.3 Å². The molecule has 0 aromatic rings. The van der Waals surface area contributed by atoms with Gasteiger partial charge in [0.15, 0.2) is 0 Å². The lowest BCUT2D eigenvalue weighted by Crippen LogP contribution is -2.25. The number of carbonyl (C=O) groups is 1. The van der Waals surface area contributed by atoms with Gasteiger partial charge in [-0.2, -0.15) is 12.6 Å². The smallest absolute Gasteiger partial charge is 0.220 e. The van der Waals surface area contributed by atoms with Crippen molar-refractivity contribution < 1.29 is 9.00 Å². The molecule has 0 aliphatic heterocycles. The molecule has 0 spiro atoms. The summed E-state index contributed by atoms with van der Waals surface area (Å²) < 4.78 is 10.6. The Morgan fingerprint density at radius 3 is 2.75 bits per heavy atom. The average molecular weight is 209 g/mol. The molecule has 0 radical (unpaired) electrons. The lowest BCUT2D eigenvalue weighted by atomic mass is 10.4. The van der Waals surface area contributed by atoms with Gasteiger partial charge in [-0.15, -0.1) is 0 Å². The summed E-state index contributed by atoms with van der Waals surface area (Å²) >= 11 is 3.93. The van der Waals surface area contributed by atoms with E-state index in [0.717, 1.165) is 6.42 Å². The first-order valence-electron chi connectivity index (χ1n) is 3.84. The summed E-state index contributed by atoms with van der Waals surface area (Å²) in [6, 6.07) is 0. The van der Waals surface area contributed by atoms with Crippen molar-refractivity contribution in [2.75, 3.05) is 24.3 Å². The molecule has 0 saturated carbocycles. The van der Waals surface area contributed by atoms with Gasteiger partial charge in [-0.25, -0.2) is 0 Å². The topological polar surface area (TPSA) is 46.2 Å². The van der Waals surface area contributed by atoms with Gasteiger partial charge in [-0.3, -0.25) is 9.00 Å². The van der Waals surface area contributed by atoms with E-state index < -0.39 is 10.8 Å². The lowest BCUT2D eigenvalue weighted by molar-refractivity contribution is -0.120. The molecule has 0 aliphatic rings. The molecule has 0 heterocycles. The Hall–Kier alpha value is -0.0300. The molecule has 0 aromatic carbocycles. The second kappa shape index (κ2) is 7.61. The summed E-state index contributed by atoms with van der Waals surface area (Å²) in [5.41, 5.74) is 0. The zero-order chi connectivity index (χ0) is 9.40. The number of rotatable bonds is 6. The summed E-state index contributed by atoms with van der Waals surface area (Å²) in [6.07, 6.45) is 2.90. The fourth-order valence-electron chi connectivity index (χ4n) is 0.693. The average Bonchev–Trinajstić information content (AvgIpc) is 1.98. The number of hydrogen-bond acceptors (Lipinski definition) is 3. The maximum Gasteiger partial charge on any atom is 0.220 e. The van der Waals surface area contributed by atoms with Crippen molar-refractivity contribution in [3.8, 4) is 0 Å². The highest BCUT2D eigenvalue weighted by Crippen LogP contribution is 1.85. The van der Waals surface area contributed by atoms with E-state index in [9.17, 15) is 9.00 Å². The molecule has 0 saturated heterocycles. The van der Waals surface area contributed by atoms with Crippen molar-refractivity contribution in [1.29, 1.82) is 0 Å². The summed E-state index contributed by atoms with van der Waals surface area (Å²) in [6.45, 7) is 0.617. The zero-order valence-corrected chi connectivity index (χ0v) is 8.92. The van der Waals surface area contributed by atoms with Crippen LogP contribution in [0.25, 0.3) is 0 Å². The van der Waals surface area contributed by atoms with E-state index in [1.807, 2.05) is 0 Å². The monoisotopic (exact) mass is 209 g/mol. The van der Waals surface area contributed by atoms with Crippen LogP contribution in [0.3, 0.4) is 0 Å². The molecule has 0 fully saturated rings. The Morgan fingerprint density at radius 2 is 2.25 bits per heavy atom. The number of nitrogens with one attached hydrogen (secondary N) is 1. The van der Waals surface area contributed by atoms with Crippen LogP contribution in [0.2, 0.25) is 0 Å². The van der Waals surface area contributed by atoms with Crippen molar-refractivity contribution in [1.82, 2.24) is 5.32 Å². The van der Waals surface area contributed by atoms with Crippen molar-refractivity contribution in [2.45, 2.75) is 12.8 Å². The minimum Gasteiger partial charge on any atom is -0.356 e. The quantitative estimate of drug-likeness (QED) is 0.484. The third kappa shape index (κ3) is 8.07. The van der Waals surface area contributed by atoms with E-state index in [1.54, 1.807) is 6.26 Å². The third-order valence-corrected chi connectivity index (χ3v) is 2.36. The molecule has 1 amide bonds. The molecule has 1 atom stereocenters. The Balaban J connectivity index is 3.19. The lowest BCUT2D eigenvalue weighted by Gasteiger charge is -2.01. The van der Waals surface area contributed by atoms with E-state index in [-0.39, 0.29) is 5.91 Å². The molecule has 1 N–H and O–H groups in total. The molecular formula is C7H15NO2S2. The van der Waals surface area contributed by atoms with Gasteiger partial charge in [0.1, 0.15) is 0 Å². The van der Waals surface area contributed by atoms with E-state index >= 15 is 0 Å². The van der Waals surface area contributed by atoms with Crippen LogP contribution in [-0.2, 0) is 15.6 Å². The number of amides is 1. The molecule has 0 aromatic heterocycles. The maximum atomic E-state index is 10.9. The molecule has 1 unspecified atom stereocenters. The van der Waals surface area contributed by atoms with Gasteiger partial charge in [0.2, 0.25) is 5.91 Å². The number of carbonyl (C=O) groups excluding carboxylic acids is 1. The minimum atomic E-state index is -0.750. The van der Waals surface area contributed by atoms with Gasteiger partial charge in [-0.05, 0) is 12.2 Å². The van der Waals surface area contributed by atoms with Crippen molar-refractivity contribution in [2.24, 2.45) is 0 Å². The van der Waals surface area contributed by atoms with Gasteiger partial charge < -0.3 is 5.32 Å². The second-order valence-electron chi connectivity index (χ2n) is 2.45. The van der Waals surface area contributed by atoms with E-state index in [0.29, 0.717) is 24.5 Å². The second-order valence-corrected chi connectivity index (χ2v) is 4.46. The fraction of sp³-hybridized carbons (Fsp3) is 0.857. The largest absolute Gasteiger partial charge is 0.356 e. The van der Waals surface area contributed by atoms with Crippen LogP contribution in [0.5, 0.6) is 0 Å². The highest BCUT2D eigenvalue weighted by molar-refractivity contribution is 7.84. The highest BCUT2D eigenvalue weighted by atomic mass is 32.2. The standard InChI is InChI=1S/C7H15NO2S2/c1-12(10)6-2-4-8-7(9)3-5-11/h11H,2-6H2,1H3,(H,8,9). The Bertz CT molecular complexity index is 161. The molecule has 5 heteroatoms. The van der Waals surface area contributed by atoms with Crippen LogP contribution >= 0.6 is 12.6 Å². The van der Waals surface area contributed by atoms with Crippen LogP contribution in [0.1, 0.15) is 12.8 Å². The van der Waals surface area contributed by atoms with Gasteiger partial charge in [0, 0.05) is 35.8 Å². The Morgan fingerprint density at radius 1 is 1.58 bits per heavy atom. The summed E-state index contributed by atoms with van der Waals surface area (Å²) in [7, 11) is -0.750. The fourth-order valence-corrected chi connectivity index (χ4v) is 1.45. The molecular weight excluding hydrogens is 194 g/mol. The predicted molar refractivity (Wildman–Crippen MR) is 55.0 cm³/mol. The van der Waals surface area contributed by atoms with E-state index in [2.05, 4.69) is 17.9 Å². The van der Waals surface area contributed by atoms with Gasteiger partial charge in [0.25, 0.3) is 0 Å². The SMILES string of the molecule is CS(=O)CCCNC(=O)CCS. The normalized spacial score (nSPS) is 12.5. The summed E-state index contributed by atoms with van der Waals surface area (Å²) in [5.74, 6) is 1.25. The molecule has 72 valence electrons. The van der Waals surface area contributed by atoms with Crippen LogP contribution < -0.4 is 5.32 Å². The number of hydrogen-bond donors (Lipinski definition) is 2. The van der Waals surface area contributed by atoms with Gasteiger partial charge >= 0.3 is 0 Å². The molecule has 0 rings (SSSR count). The Labute approximate surface area is 81.2 Å². The van der Waals surface area contributed by atoms with Gasteiger partial charge in [0.05, 0.1) is 0 Å². The number of thiol groups is 1. The van der Waals surface area contributed by atoms with Gasteiger partial charge in [-0.1, -0.05) is 0 Å². The van der Waals surface area contributed by atoms with Crippen molar-refractivity contribution in [3.63, 3.8) is 0 Å². The van der Waals surface area contributed by atoms with Crippen LogP contribution in [0.15, 0.2) is 0 Å². The van der Waals surface area contributed by atoms with Crippen LogP contribution in [0.4, 0.5) is 0 Å². The van der Waals surface area contributed by atoms with E-state index in [1.165, 1.54) is 0 Å². The van der Waals surface area contributed by atoms with Crippen molar-refractivity contribution in [3.05, 3.63) is 0 Å². The Kier molecular flexibility index (Phi) is 7.59. The first-order valence-corrected chi connectivity index (χ1v) is 6.20. The first kappa shape index (κ1) is 12.0. The highest BCUT2D eigenvalue weighted by Gasteiger charge is 1.97. The van der Waals surface area contributed by atoms with Crippen LogP contribution in [0, 0.1) is 0 Å². The first-order chi connectivity index (χ1) is 5.66.